The summed E-state index contributed by atoms with van der Waals surface area (Å²) in [5, 5.41) is 8.45. The molecule has 0 unspecified atom stereocenters. The topological polar surface area (TPSA) is 83.0 Å². The summed E-state index contributed by atoms with van der Waals surface area (Å²) in [6.07, 6.45) is 0. The van der Waals surface area contributed by atoms with Crippen molar-refractivity contribution in [3.05, 3.63) is 82.5 Å². The maximum Gasteiger partial charge on any atom is 0.267 e. The Hall–Kier alpha value is -3.74. The first-order chi connectivity index (χ1) is 14.1. The van der Waals surface area contributed by atoms with Gasteiger partial charge in [-0.05, 0) is 44.2 Å². The van der Waals surface area contributed by atoms with Gasteiger partial charge in [-0.2, -0.15) is 10.1 Å². The summed E-state index contributed by atoms with van der Waals surface area (Å²) >= 11 is 0. The summed E-state index contributed by atoms with van der Waals surface area (Å²) < 4.78 is 12.1. The van der Waals surface area contributed by atoms with E-state index in [4.69, 9.17) is 9.26 Å². The van der Waals surface area contributed by atoms with Crippen molar-refractivity contribution < 1.29 is 9.26 Å². The molecule has 2 aromatic heterocycles. The van der Waals surface area contributed by atoms with Crippen molar-refractivity contribution >= 4 is 0 Å². The largest absolute Gasteiger partial charge is 0.494 e. The Balaban J connectivity index is 1.57. The lowest BCUT2D eigenvalue weighted by Crippen LogP contribution is -2.23. The molecule has 2 heterocycles. The molecule has 0 spiro atoms. The van der Waals surface area contributed by atoms with Crippen molar-refractivity contribution in [2.45, 2.75) is 20.4 Å². The van der Waals surface area contributed by atoms with E-state index in [0.29, 0.717) is 24.0 Å². The Bertz CT molecular complexity index is 1160. The summed E-state index contributed by atoms with van der Waals surface area (Å²) in [6, 6.07) is 18.6. The minimum atomic E-state index is -0.241. The molecule has 0 radical (unpaired) electrons. The van der Waals surface area contributed by atoms with Crippen LogP contribution in [0.1, 0.15) is 18.4 Å². The van der Waals surface area contributed by atoms with Crippen LogP contribution in [0.15, 0.2) is 70.0 Å². The predicted molar refractivity (Wildman–Crippen MR) is 109 cm³/mol. The van der Waals surface area contributed by atoms with E-state index in [1.807, 2.05) is 62.4 Å². The van der Waals surface area contributed by atoms with Crippen molar-refractivity contribution in [3.63, 3.8) is 0 Å². The Morgan fingerprint density at radius 1 is 0.966 bits per heavy atom. The third-order valence-corrected chi connectivity index (χ3v) is 4.39. The molecule has 0 saturated heterocycles. The van der Waals surface area contributed by atoms with Crippen molar-refractivity contribution in [3.8, 4) is 28.4 Å². The van der Waals surface area contributed by atoms with E-state index in [2.05, 4.69) is 15.2 Å². The SMILES string of the molecule is CCOc1ccc(-c2ccc(=O)n(Cc3nc(-c4ccc(C)cc4)no3)n2)cc1. The number of rotatable bonds is 6. The second-order valence-electron chi connectivity index (χ2n) is 6.55. The van der Waals surface area contributed by atoms with Gasteiger partial charge in [0.25, 0.3) is 5.56 Å². The Kier molecular flexibility index (Phi) is 5.20. The summed E-state index contributed by atoms with van der Waals surface area (Å²) in [4.78, 5) is 16.6. The number of nitrogens with zero attached hydrogens (tertiary/aromatic N) is 4. The van der Waals surface area contributed by atoms with Crippen molar-refractivity contribution in [2.75, 3.05) is 6.61 Å². The molecular formula is C22H20N4O3. The fraction of sp³-hybridized carbons (Fsp3) is 0.182. The highest BCUT2D eigenvalue weighted by Crippen LogP contribution is 2.20. The van der Waals surface area contributed by atoms with Crippen LogP contribution < -0.4 is 10.3 Å². The lowest BCUT2D eigenvalue weighted by Gasteiger charge is -2.07. The maximum absolute atomic E-state index is 12.3. The number of aryl methyl sites for hydroxylation is 1. The van der Waals surface area contributed by atoms with Crippen LogP contribution in [-0.2, 0) is 6.54 Å². The molecule has 0 amide bonds. The number of benzene rings is 2. The van der Waals surface area contributed by atoms with E-state index in [0.717, 1.165) is 22.4 Å². The summed E-state index contributed by atoms with van der Waals surface area (Å²) in [7, 11) is 0. The van der Waals surface area contributed by atoms with Crippen LogP contribution in [0.5, 0.6) is 5.75 Å². The van der Waals surface area contributed by atoms with E-state index >= 15 is 0 Å². The molecule has 146 valence electrons. The quantitative estimate of drug-likeness (QED) is 0.501. The second kappa shape index (κ2) is 8.10. The lowest BCUT2D eigenvalue weighted by atomic mass is 10.1. The average Bonchev–Trinajstić information content (AvgIpc) is 3.20. The molecule has 4 aromatic rings. The Labute approximate surface area is 167 Å². The molecule has 0 aliphatic carbocycles. The van der Waals surface area contributed by atoms with Gasteiger partial charge in [-0.1, -0.05) is 35.0 Å². The Morgan fingerprint density at radius 2 is 1.69 bits per heavy atom. The number of aromatic nitrogens is 4. The van der Waals surface area contributed by atoms with Gasteiger partial charge in [0.2, 0.25) is 11.7 Å². The van der Waals surface area contributed by atoms with Crippen molar-refractivity contribution in [1.29, 1.82) is 0 Å². The van der Waals surface area contributed by atoms with Crippen molar-refractivity contribution in [1.82, 2.24) is 19.9 Å². The van der Waals surface area contributed by atoms with Crippen LogP contribution in [0, 0.1) is 6.92 Å². The highest BCUT2D eigenvalue weighted by Gasteiger charge is 2.11. The van der Waals surface area contributed by atoms with E-state index in [1.54, 1.807) is 6.07 Å². The minimum absolute atomic E-state index is 0.0998. The molecule has 0 N–H and O–H groups in total. The molecule has 7 nitrogen and oxygen atoms in total. The van der Waals surface area contributed by atoms with Crippen LogP contribution in [-0.4, -0.2) is 26.5 Å². The van der Waals surface area contributed by atoms with Crippen molar-refractivity contribution in [2.24, 2.45) is 0 Å². The molecule has 0 bridgehead atoms. The molecular weight excluding hydrogens is 368 g/mol. The third-order valence-electron chi connectivity index (χ3n) is 4.39. The van der Waals surface area contributed by atoms with Crippen LogP contribution in [0.4, 0.5) is 0 Å². The van der Waals surface area contributed by atoms with Gasteiger partial charge in [0.05, 0.1) is 12.3 Å². The van der Waals surface area contributed by atoms with Gasteiger partial charge in [-0.25, -0.2) is 4.68 Å². The van der Waals surface area contributed by atoms with Gasteiger partial charge < -0.3 is 9.26 Å². The van der Waals surface area contributed by atoms with Crippen LogP contribution >= 0.6 is 0 Å². The first-order valence-electron chi connectivity index (χ1n) is 9.33. The van der Waals surface area contributed by atoms with E-state index in [9.17, 15) is 4.79 Å². The molecule has 0 atom stereocenters. The average molecular weight is 388 g/mol. The number of ether oxygens (including phenoxy) is 1. The zero-order chi connectivity index (χ0) is 20.2. The molecule has 2 aromatic carbocycles. The molecule has 7 heteroatoms. The standard InChI is InChI=1S/C22H20N4O3/c1-3-28-18-10-8-16(9-11-18)19-12-13-21(27)26(24-19)14-20-23-22(25-29-20)17-6-4-15(2)5-7-17/h4-13H,3,14H2,1-2H3. The van der Waals surface area contributed by atoms with E-state index in [-0.39, 0.29) is 12.1 Å². The van der Waals surface area contributed by atoms with Gasteiger partial charge in [-0.3, -0.25) is 4.79 Å². The number of hydrogen-bond donors (Lipinski definition) is 0. The fourth-order valence-corrected chi connectivity index (χ4v) is 2.87. The fourth-order valence-electron chi connectivity index (χ4n) is 2.87. The third kappa shape index (κ3) is 4.24. The van der Waals surface area contributed by atoms with Gasteiger partial charge >= 0.3 is 0 Å². The molecule has 4 rings (SSSR count). The predicted octanol–water partition coefficient (Wildman–Crippen LogP) is 3.72. The second-order valence-corrected chi connectivity index (χ2v) is 6.55. The van der Waals surface area contributed by atoms with Gasteiger partial charge in [0, 0.05) is 17.2 Å². The van der Waals surface area contributed by atoms with Gasteiger partial charge in [-0.15, -0.1) is 0 Å². The summed E-state index contributed by atoms with van der Waals surface area (Å²) in [5.41, 5.74) is 3.32. The minimum Gasteiger partial charge on any atom is -0.494 e. The normalized spacial score (nSPS) is 10.8. The van der Waals surface area contributed by atoms with Gasteiger partial charge in [0.15, 0.2) is 0 Å². The number of hydrogen-bond acceptors (Lipinski definition) is 6. The zero-order valence-corrected chi connectivity index (χ0v) is 16.2. The van der Waals surface area contributed by atoms with Crippen LogP contribution in [0.25, 0.3) is 22.6 Å². The summed E-state index contributed by atoms with van der Waals surface area (Å²) in [6.45, 7) is 4.66. The molecule has 0 aliphatic heterocycles. The summed E-state index contributed by atoms with van der Waals surface area (Å²) in [5.74, 6) is 1.59. The highest BCUT2D eigenvalue weighted by molar-refractivity contribution is 5.59. The highest BCUT2D eigenvalue weighted by atomic mass is 16.5. The van der Waals surface area contributed by atoms with Crippen LogP contribution in [0.2, 0.25) is 0 Å². The smallest absolute Gasteiger partial charge is 0.267 e. The van der Waals surface area contributed by atoms with Gasteiger partial charge in [0.1, 0.15) is 12.3 Å². The molecule has 0 fully saturated rings. The molecule has 0 saturated carbocycles. The molecule has 0 aliphatic rings. The Morgan fingerprint density at radius 3 is 2.41 bits per heavy atom. The van der Waals surface area contributed by atoms with Crippen LogP contribution in [0.3, 0.4) is 0 Å². The van der Waals surface area contributed by atoms with E-state index < -0.39 is 0 Å². The molecule has 29 heavy (non-hydrogen) atoms. The monoisotopic (exact) mass is 388 g/mol. The van der Waals surface area contributed by atoms with E-state index in [1.165, 1.54) is 10.7 Å². The first-order valence-corrected chi connectivity index (χ1v) is 9.33. The maximum atomic E-state index is 12.3. The zero-order valence-electron chi connectivity index (χ0n) is 16.2. The lowest BCUT2D eigenvalue weighted by molar-refractivity contribution is 0.340. The first kappa shape index (κ1) is 18.6.